The molecule has 0 radical (unpaired) electrons. The lowest BCUT2D eigenvalue weighted by molar-refractivity contribution is -0.133. The lowest BCUT2D eigenvalue weighted by Gasteiger charge is -2.15. The highest BCUT2D eigenvalue weighted by Crippen LogP contribution is 2.60. The molecule has 5 nitrogen and oxygen atoms in total. The molecule has 0 heterocycles. The monoisotopic (exact) mass is 318 g/mol. The van der Waals surface area contributed by atoms with Gasteiger partial charge in [0, 0.05) is 5.75 Å². The average Bonchev–Trinajstić information content (AvgIpc) is 2.40. The van der Waals surface area contributed by atoms with E-state index < -0.39 is 6.80 Å². The molecular formula is C13H19O5PS. The van der Waals surface area contributed by atoms with Crippen molar-refractivity contribution in [3.8, 4) is 5.75 Å². The van der Waals surface area contributed by atoms with E-state index in [0.717, 1.165) is 11.4 Å². The number of hydrogen-bond acceptors (Lipinski definition) is 6. The van der Waals surface area contributed by atoms with Crippen LogP contribution in [0.25, 0.3) is 0 Å². The molecule has 0 aromatic heterocycles. The Hall–Kier alpha value is -0.810. The molecule has 1 rings (SSSR count). The molecule has 20 heavy (non-hydrogen) atoms. The van der Waals surface area contributed by atoms with Gasteiger partial charge in [0.25, 0.3) is 0 Å². The third kappa shape index (κ3) is 6.57. The van der Waals surface area contributed by atoms with Gasteiger partial charge in [-0.25, -0.2) is 4.57 Å². The fourth-order valence-corrected chi connectivity index (χ4v) is 4.70. The number of rotatable bonds is 9. The van der Waals surface area contributed by atoms with Crippen molar-refractivity contribution in [3.05, 3.63) is 30.3 Å². The number of ether oxygens (including phenoxy) is 1. The third-order valence-electron chi connectivity index (χ3n) is 2.10. The predicted molar refractivity (Wildman–Crippen MR) is 80.0 cm³/mol. The van der Waals surface area contributed by atoms with Crippen molar-refractivity contribution in [3.63, 3.8) is 0 Å². The Kier molecular flexibility index (Phi) is 7.92. The van der Waals surface area contributed by atoms with Crippen LogP contribution in [0.3, 0.4) is 0 Å². The van der Waals surface area contributed by atoms with Gasteiger partial charge in [0.15, 0.2) is 0 Å². The van der Waals surface area contributed by atoms with E-state index in [4.69, 9.17) is 13.8 Å². The van der Waals surface area contributed by atoms with Crippen molar-refractivity contribution in [2.24, 2.45) is 0 Å². The first-order valence-corrected chi connectivity index (χ1v) is 9.52. The first-order chi connectivity index (χ1) is 9.59. The smallest absolute Gasteiger partial charge is 0.389 e. The van der Waals surface area contributed by atoms with Crippen LogP contribution in [0.2, 0.25) is 0 Å². The van der Waals surface area contributed by atoms with Gasteiger partial charge in [0.2, 0.25) is 0 Å². The first kappa shape index (κ1) is 17.2. The molecule has 1 aromatic rings. The van der Waals surface area contributed by atoms with Crippen LogP contribution in [-0.2, 0) is 18.4 Å². The predicted octanol–water partition coefficient (Wildman–Crippen LogP) is 3.90. The fourth-order valence-electron chi connectivity index (χ4n) is 1.34. The molecule has 7 heteroatoms. The van der Waals surface area contributed by atoms with E-state index >= 15 is 0 Å². The topological polar surface area (TPSA) is 61.8 Å². The van der Waals surface area contributed by atoms with Gasteiger partial charge >= 0.3 is 12.8 Å². The number of esters is 1. The van der Waals surface area contributed by atoms with Gasteiger partial charge in [-0.15, -0.1) is 0 Å². The summed E-state index contributed by atoms with van der Waals surface area (Å²) in [6, 6.07) is 8.83. The lowest BCUT2D eigenvalue weighted by Crippen LogP contribution is -2.08. The van der Waals surface area contributed by atoms with Crippen LogP contribution in [0, 0.1) is 0 Å². The minimum atomic E-state index is -3.15. The maximum atomic E-state index is 12.1. The Morgan fingerprint density at radius 3 is 2.30 bits per heavy atom. The fraction of sp³-hybridized carbons (Fsp3) is 0.462. The van der Waals surface area contributed by atoms with Crippen molar-refractivity contribution in [2.45, 2.75) is 20.3 Å². The second kappa shape index (κ2) is 9.19. The highest BCUT2D eigenvalue weighted by atomic mass is 32.7. The zero-order chi connectivity index (χ0) is 14.8. The molecule has 0 aliphatic carbocycles. The summed E-state index contributed by atoms with van der Waals surface area (Å²) in [6.07, 6.45) is 0.143. The van der Waals surface area contributed by atoms with Crippen molar-refractivity contribution in [2.75, 3.05) is 19.0 Å². The van der Waals surface area contributed by atoms with E-state index in [2.05, 4.69) is 0 Å². The van der Waals surface area contributed by atoms with Gasteiger partial charge in [-0.1, -0.05) is 18.2 Å². The van der Waals surface area contributed by atoms with Crippen LogP contribution in [0.5, 0.6) is 5.75 Å². The summed E-state index contributed by atoms with van der Waals surface area (Å²) in [5, 5.41) is 0. The van der Waals surface area contributed by atoms with Crippen LogP contribution < -0.4 is 4.74 Å². The molecule has 1 aromatic carbocycles. The van der Waals surface area contributed by atoms with E-state index in [9.17, 15) is 9.36 Å². The molecule has 0 amide bonds. The molecule has 112 valence electrons. The van der Waals surface area contributed by atoms with E-state index in [1.165, 1.54) is 0 Å². The zero-order valence-corrected chi connectivity index (χ0v) is 13.3. The molecule has 0 fully saturated rings. The van der Waals surface area contributed by atoms with E-state index in [0.29, 0.717) is 24.7 Å². The second-order valence-corrected chi connectivity index (χ2v) is 7.85. The summed E-state index contributed by atoms with van der Waals surface area (Å²) >= 11 is 1.02. The van der Waals surface area contributed by atoms with Crippen LogP contribution >= 0.6 is 18.2 Å². The van der Waals surface area contributed by atoms with Crippen molar-refractivity contribution in [1.82, 2.24) is 0 Å². The van der Waals surface area contributed by atoms with Gasteiger partial charge in [-0.3, -0.25) is 4.79 Å². The number of carbonyl (C=O) groups is 1. The minimum Gasteiger partial charge on any atom is -0.427 e. The molecule has 0 N–H and O–H groups in total. The maximum Gasteiger partial charge on any atom is 0.389 e. The second-order valence-electron chi connectivity index (χ2n) is 3.65. The summed E-state index contributed by atoms with van der Waals surface area (Å²) in [6.45, 7) is 0.951. The van der Waals surface area contributed by atoms with Gasteiger partial charge in [-0.2, -0.15) is 0 Å². The number of para-hydroxylation sites is 1. The lowest BCUT2D eigenvalue weighted by atomic mass is 10.3. The molecule has 0 aliphatic rings. The van der Waals surface area contributed by atoms with Crippen molar-refractivity contribution < 1.29 is 23.1 Å². The van der Waals surface area contributed by atoms with E-state index in [1.807, 2.05) is 6.07 Å². The molecule has 0 saturated heterocycles. The van der Waals surface area contributed by atoms with Gasteiger partial charge in [0.1, 0.15) is 5.75 Å². The largest absolute Gasteiger partial charge is 0.427 e. The summed E-state index contributed by atoms with van der Waals surface area (Å²) in [5.74, 6) is 0.451. The molecule has 0 aliphatic heterocycles. The minimum absolute atomic E-state index is 0.143. The van der Waals surface area contributed by atoms with Gasteiger partial charge in [-0.05, 0) is 37.4 Å². The number of hydrogen-bond donors (Lipinski definition) is 0. The zero-order valence-electron chi connectivity index (χ0n) is 11.6. The number of carbonyl (C=O) groups excluding carboxylic acids is 1. The average molecular weight is 318 g/mol. The Labute approximate surface area is 123 Å². The Morgan fingerprint density at radius 2 is 1.75 bits per heavy atom. The van der Waals surface area contributed by atoms with Gasteiger partial charge < -0.3 is 13.8 Å². The van der Waals surface area contributed by atoms with Crippen molar-refractivity contribution >= 4 is 24.1 Å². The Balaban J connectivity index is 2.35. The van der Waals surface area contributed by atoms with Gasteiger partial charge in [0.05, 0.1) is 19.6 Å². The summed E-state index contributed by atoms with van der Waals surface area (Å²) in [5.41, 5.74) is 0. The molecule has 0 saturated carbocycles. The summed E-state index contributed by atoms with van der Waals surface area (Å²) in [7, 11) is 0. The molecule has 0 unspecified atom stereocenters. The van der Waals surface area contributed by atoms with Crippen LogP contribution in [0.1, 0.15) is 20.3 Å². The van der Waals surface area contributed by atoms with Crippen LogP contribution in [0.4, 0.5) is 0 Å². The third-order valence-corrected chi connectivity index (χ3v) is 6.09. The van der Waals surface area contributed by atoms with E-state index in [1.54, 1.807) is 38.1 Å². The Morgan fingerprint density at radius 1 is 1.15 bits per heavy atom. The Bertz CT molecular complexity index is 441. The quantitative estimate of drug-likeness (QED) is 0.391. The normalized spacial score (nSPS) is 11.3. The molecular weight excluding hydrogens is 299 g/mol. The van der Waals surface area contributed by atoms with E-state index in [-0.39, 0.29) is 12.4 Å². The standard InChI is InChI=1S/C13H19O5PS/c1-3-16-19(15,17-4-2)20-11-10-13(14)18-12-8-6-5-7-9-12/h5-9H,3-4,10-11H2,1-2H3. The number of benzene rings is 1. The summed E-state index contributed by atoms with van der Waals surface area (Å²) in [4.78, 5) is 11.6. The summed E-state index contributed by atoms with van der Waals surface area (Å²) < 4.78 is 27.5. The maximum absolute atomic E-state index is 12.1. The van der Waals surface area contributed by atoms with Crippen molar-refractivity contribution in [1.29, 1.82) is 0 Å². The van der Waals surface area contributed by atoms with Crippen LogP contribution in [-0.4, -0.2) is 24.9 Å². The first-order valence-electron chi connectivity index (χ1n) is 6.39. The highest BCUT2D eigenvalue weighted by molar-refractivity contribution is 8.55. The molecule has 0 bridgehead atoms. The highest BCUT2D eigenvalue weighted by Gasteiger charge is 2.24. The molecule has 0 atom stereocenters. The molecule has 0 spiro atoms. The van der Waals surface area contributed by atoms with Crippen LogP contribution in [0.15, 0.2) is 30.3 Å². The SMILES string of the molecule is CCOP(=O)(OCC)SCCC(=O)Oc1ccccc1.